The smallest absolute Gasteiger partial charge is 0.257 e. The Kier molecular flexibility index (Phi) is 7.06. The fourth-order valence-electron chi connectivity index (χ4n) is 3.35. The molecule has 0 radical (unpaired) electrons. The van der Waals surface area contributed by atoms with Gasteiger partial charge in [0, 0.05) is 29.9 Å². The molecular formula is C21H24BrN3O3. The Hall–Kier alpha value is -2.38. The van der Waals surface area contributed by atoms with Gasteiger partial charge in [0.05, 0.1) is 12.2 Å². The lowest BCUT2D eigenvalue weighted by molar-refractivity contribution is -0.126. The first-order chi connectivity index (χ1) is 13.6. The number of hydrogen-bond acceptors (Lipinski definition) is 4. The van der Waals surface area contributed by atoms with E-state index in [0.717, 1.165) is 10.9 Å². The highest BCUT2D eigenvalue weighted by Gasteiger charge is 2.28. The summed E-state index contributed by atoms with van der Waals surface area (Å²) >= 11 is 3.44. The van der Waals surface area contributed by atoms with Gasteiger partial charge in [-0.3, -0.25) is 15.0 Å². The van der Waals surface area contributed by atoms with Crippen molar-refractivity contribution in [1.82, 2.24) is 10.3 Å². The molecule has 28 heavy (non-hydrogen) atoms. The number of halogens is 1. The molecule has 2 aromatic rings. The van der Waals surface area contributed by atoms with E-state index in [2.05, 4.69) is 33.5 Å². The molecule has 3 N–H and O–H groups in total. The van der Waals surface area contributed by atoms with Crippen LogP contribution in [-0.4, -0.2) is 36.4 Å². The molecule has 1 heterocycles. The summed E-state index contributed by atoms with van der Waals surface area (Å²) in [6.07, 6.45) is 1.98. The summed E-state index contributed by atoms with van der Waals surface area (Å²) in [7, 11) is 0. The highest BCUT2D eigenvalue weighted by Crippen LogP contribution is 2.27. The van der Waals surface area contributed by atoms with Crippen LogP contribution < -0.4 is 16.0 Å². The zero-order valence-electron chi connectivity index (χ0n) is 15.6. The molecule has 0 atom stereocenters. The molecule has 1 aliphatic rings. The standard InChI is InChI=1S/C21H24BrN3O3/c22-17-6-7-19(28-13-10-15-4-2-1-3-5-15)18(14-17)21(27)25-11-8-16(9-12-25)20(26)24-23/h1-7,14,16H,8-13,23H2,(H,24,26). The maximum atomic E-state index is 13.1. The molecule has 0 aliphatic carbocycles. The third-order valence-corrected chi connectivity index (χ3v) is 5.45. The number of hydrazine groups is 1. The van der Waals surface area contributed by atoms with Crippen molar-refractivity contribution in [1.29, 1.82) is 0 Å². The molecule has 2 aromatic carbocycles. The number of carbonyl (C=O) groups is 2. The van der Waals surface area contributed by atoms with Crippen LogP contribution in [0.25, 0.3) is 0 Å². The first kappa shape index (κ1) is 20.4. The first-order valence-electron chi connectivity index (χ1n) is 9.34. The van der Waals surface area contributed by atoms with Crippen LogP contribution in [0.3, 0.4) is 0 Å². The van der Waals surface area contributed by atoms with Gasteiger partial charge in [-0.05, 0) is 36.6 Å². The summed E-state index contributed by atoms with van der Waals surface area (Å²) < 4.78 is 6.76. The fourth-order valence-corrected chi connectivity index (χ4v) is 3.71. The minimum absolute atomic E-state index is 0.0809. The molecule has 3 rings (SSSR count). The van der Waals surface area contributed by atoms with Gasteiger partial charge in [-0.1, -0.05) is 46.3 Å². The van der Waals surface area contributed by atoms with E-state index in [0.29, 0.717) is 43.9 Å². The Bertz CT molecular complexity index is 821. The number of amides is 2. The summed E-state index contributed by atoms with van der Waals surface area (Å²) in [5, 5.41) is 0. The van der Waals surface area contributed by atoms with Crippen LogP contribution in [-0.2, 0) is 11.2 Å². The second kappa shape index (κ2) is 9.71. The third-order valence-electron chi connectivity index (χ3n) is 4.96. The van der Waals surface area contributed by atoms with Crippen LogP contribution in [0.2, 0.25) is 0 Å². The Morgan fingerprint density at radius 1 is 1.14 bits per heavy atom. The van der Waals surface area contributed by atoms with Crippen molar-refractivity contribution in [3.63, 3.8) is 0 Å². The van der Waals surface area contributed by atoms with Crippen molar-refractivity contribution in [2.75, 3.05) is 19.7 Å². The van der Waals surface area contributed by atoms with Crippen LogP contribution in [0.5, 0.6) is 5.75 Å². The highest BCUT2D eigenvalue weighted by atomic mass is 79.9. The maximum Gasteiger partial charge on any atom is 0.257 e. The third kappa shape index (κ3) is 5.11. The normalized spacial score (nSPS) is 14.6. The topological polar surface area (TPSA) is 84.7 Å². The van der Waals surface area contributed by atoms with Crippen molar-refractivity contribution < 1.29 is 14.3 Å². The van der Waals surface area contributed by atoms with Crippen molar-refractivity contribution in [3.05, 3.63) is 64.1 Å². The average Bonchev–Trinajstić information content (AvgIpc) is 2.74. The van der Waals surface area contributed by atoms with Gasteiger partial charge in [0.25, 0.3) is 5.91 Å². The van der Waals surface area contributed by atoms with Crippen LogP contribution in [0.15, 0.2) is 53.0 Å². The zero-order valence-corrected chi connectivity index (χ0v) is 17.2. The van der Waals surface area contributed by atoms with Crippen molar-refractivity contribution in [2.45, 2.75) is 19.3 Å². The molecule has 7 heteroatoms. The van der Waals surface area contributed by atoms with Gasteiger partial charge in [-0.25, -0.2) is 5.84 Å². The zero-order chi connectivity index (χ0) is 19.9. The van der Waals surface area contributed by atoms with E-state index in [1.807, 2.05) is 30.3 Å². The first-order valence-corrected chi connectivity index (χ1v) is 10.1. The molecular weight excluding hydrogens is 422 g/mol. The lowest BCUT2D eigenvalue weighted by Crippen LogP contribution is -2.44. The molecule has 0 aromatic heterocycles. The molecule has 0 spiro atoms. The molecule has 2 amide bonds. The van der Waals surface area contributed by atoms with Gasteiger partial charge >= 0.3 is 0 Å². The fraction of sp³-hybridized carbons (Fsp3) is 0.333. The predicted molar refractivity (Wildman–Crippen MR) is 111 cm³/mol. The maximum absolute atomic E-state index is 13.1. The van der Waals surface area contributed by atoms with E-state index in [1.54, 1.807) is 11.0 Å². The lowest BCUT2D eigenvalue weighted by atomic mass is 9.95. The van der Waals surface area contributed by atoms with E-state index in [-0.39, 0.29) is 17.7 Å². The highest BCUT2D eigenvalue weighted by molar-refractivity contribution is 9.10. The van der Waals surface area contributed by atoms with Gasteiger partial charge in [-0.15, -0.1) is 0 Å². The number of hydrogen-bond donors (Lipinski definition) is 2. The molecule has 1 aliphatic heterocycles. The quantitative estimate of drug-likeness (QED) is 0.406. The number of likely N-dealkylation sites (tertiary alicyclic amines) is 1. The molecule has 0 unspecified atom stereocenters. The molecule has 1 fully saturated rings. The number of ether oxygens (including phenoxy) is 1. The van der Waals surface area contributed by atoms with E-state index in [4.69, 9.17) is 10.6 Å². The van der Waals surface area contributed by atoms with Crippen molar-refractivity contribution in [3.8, 4) is 5.75 Å². The van der Waals surface area contributed by atoms with Crippen LogP contribution in [0.1, 0.15) is 28.8 Å². The number of benzene rings is 2. The van der Waals surface area contributed by atoms with Gasteiger partial charge in [0.2, 0.25) is 5.91 Å². The molecule has 0 bridgehead atoms. The summed E-state index contributed by atoms with van der Waals surface area (Å²) in [4.78, 5) is 26.5. The number of nitrogens with two attached hydrogens (primary N) is 1. The molecule has 1 saturated heterocycles. The Morgan fingerprint density at radius 3 is 2.54 bits per heavy atom. The number of nitrogens with one attached hydrogen (secondary N) is 1. The van der Waals surface area contributed by atoms with E-state index in [1.165, 1.54) is 5.56 Å². The number of carbonyl (C=O) groups excluding carboxylic acids is 2. The van der Waals surface area contributed by atoms with Gasteiger partial charge in [-0.2, -0.15) is 0 Å². The average molecular weight is 446 g/mol. The number of piperidine rings is 1. The number of rotatable bonds is 6. The van der Waals surface area contributed by atoms with E-state index in [9.17, 15) is 9.59 Å². The SMILES string of the molecule is NNC(=O)C1CCN(C(=O)c2cc(Br)ccc2OCCc2ccccc2)CC1. The number of nitrogens with zero attached hydrogens (tertiary/aromatic N) is 1. The largest absolute Gasteiger partial charge is 0.492 e. The van der Waals surface area contributed by atoms with E-state index >= 15 is 0 Å². The van der Waals surface area contributed by atoms with Crippen LogP contribution in [0.4, 0.5) is 0 Å². The summed E-state index contributed by atoms with van der Waals surface area (Å²) in [5.41, 5.74) is 3.91. The predicted octanol–water partition coefficient (Wildman–Crippen LogP) is 2.91. The van der Waals surface area contributed by atoms with Crippen LogP contribution in [0, 0.1) is 5.92 Å². The second-order valence-electron chi connectivity index (χ2n) is 6.80. The minimum Gasteiger partial charge on any atom is -0.492 e. The monoisotopic (exact) mass is 445 g/mol. The molecule has 6 nitrogen and oxygen atoms in total. The minimum atomic E-state index is -0.167. The van der Waals surface area contributed by atoms with Gasteiger partial charge < -0.3 is 9.64 Å². The summed E-state index contributed by atoms with van der Waals surface area (Å²) in [5.74, 6) is 5.40. The lowest BCUT2D eigenvalue weighted by Gasteiger charge is -2.31. The molecule has 0 saturated carbocycles. The summed E-state index contributed by atoms with van der Waals surface area (Å²) in [6, 6.07) is 15.6. The Labute approximate surface area is 173 Å². The second-order valence-corrected chi connectivity index (χ2v) is 7.72. The Morgan fingerprint density at radius 2 is 1.86 bits per heavy atom. The van der Waals surface area contributed by atoms with Crippen molar-refractivity contribution >= 4 is 27.7 Å². The van der Waals surface area contributed by atoms with Gasteiger partial charge in [0.15, 0.2) is 0 Å². The summed E-state index contributed by atoms with van der Waals surface area (Å²) in [6.45, 7) is 1.53. The van der Waals surface area contributed by atoms with E-state index < -0.39 is 0 Å². The Balaban J connectivity index is 1.65. The van der Waals surface area contributed by atoms with Gasteiger partial charge in [0.1, 0.15) is 5.75 Å². The van der Waals surface area contributed by atoms with Crippen molar-refractivity contribution in [2.24, 2.45) is 11.8 Å². The van der Waals surface area contributed by atoms with Crippen LogP contribution >= 0.6 is 15.9 Å². The molecule has 148 valence electrons.